The number of aromatic amines is 1. The van der Waals surface area contributed by atoms with E-state index in [9.17, 15) is 4.79 Å². The number of fused-ring (bicyclic) bond motifs is 3. The van der Waals surface area contributed by atoms with Crippen LogP contribution in [0.2, 0.25) is 0 Å². The van der Waals surface area contributed by atoms with Crippen molar-refractivity contribution in [3.63, 3.8) is 0 Å². The quantitative estimate of drug-likeness (QED) is 0.638. The van der Waals surface area contributed by atoms with Crippen molar-refractivity contribution in [1.82, 2.24) is 14.8 Å². The average molecular weight is 420 g/mol. The lowest BCUT2D eigenvalue weighted by Gasteiger charge is -2.22. The Balaban J connectivity index is 1.10. The highest BCUT2D eigenvalue weighted by Crippen LogP contribution is 2.36. The first-order chi connectivity index (χ1) is 15.2. The number of carbonyl (C=O) groups is 1. The van der Waals surface area contributed by atoms with Gasteiger partial charge in [0.25, 0.3) is 0 Å². The number of amides is 1. The lowest BCUT2D eigenvalue weighted by atomic mass is 10.0. The average Bonchev–Trinajstić information content (AvgIpc) is 3.37. The number of likely N-dealkylation sites (N-methyl/N-ethyl adjacent to an activating group) is 1. The summed E-state index contributed by atoms with van der Waals surface area (Å²) in [4.78, 5) is 20.5. The molecule has 0 saturated heterocycles. The number of para-hydroxylation sites is 1. The van der Waals surface area contributed by atoms with E-state index >= 15 is 0 Å². The number of aromatic nitrogens is 1. The van der Waals surface area contributed by atoms with Crippen LogP contribution in [0.15, 0.2) is 42.6 Å². The minimum absolute atomic E-state index is 0.207. The zero-order valence-electron chi connectivity index (χ0n) is 18.0. The molecule has 0 saturated carbocycles. The monoisotopic (exact) mass is 419 g/mol. The summed E-state index contributed by atoms with van der Waals surface area (Å²) >= 11 is 0. The molecule has 0 unspecified atom stereocenters. The van der Waals surface area contributed by atoms with Crippen LogP contribution in [-0.4, -0.2) is 60.7 Å². The number of nitrogens with one attached hydrogen (secondary N) is 1. The van der Waals surface area contributed by atoms with Gasteiger partial charge in [-0.1, -0.05) is 18.2 Å². The summed E-state index contributed by atoms with van der Waals surface area (Å²) in [5.41, 5.74) is 4.84. The molecule has 0 bridgehead atoms. The van der Waals surface area contributed by atoms with Crippen LogP contribution in [0.3, 0.4) is 0 Å². The molecule has 2 aromatic carbocycles. The minimum atomic E-state index is 0.207. The first-order valence-electron chi connectivity index (χ1n) is 11.1. The van der Waals surface area contributed by atoms with Gasteiger partial charge in [0.2, 0.25) is 12.7 Å². The predicted molar refractivity (Wildman–Crippen MR) is 121 cm³/mol. The van der Waals surface area contributed by atoms with E-state index in [0.717, 1.165) is 62.5 Å². The number of hydrogen-bond acceptors (Lipinski definition) is 4. The van der Waals surface area contributed by atoms with Crippen LogP contribution >= 0.6 is 0 Å². The number of nitrogens with zero attached hydrogens (tertiary/aromatic N) is 2. The Hall–Kier alpha value is -2.99. The SMILES string of the molecule is CN(CCCN1CCc2cc3c(cc2CC1=O)OCO3)CCc1c[nH]c2ccccc12. The molecular weight excluding hydrogens is 390 g/mol. The van der Waals surface area contributed by atoms with Crippen molar-refractivity contribution in [2.24, 2.45) is 0 Å². The molecule has 0 fully saturated rings. The fourth-order valence-corrected chi connectivity index (χ4v) is 4.61. The fraction of sp³-hybridized carbons (Fsp3) is 0.400. The van der Waals surface area contributed by atoms with E-state index in [-0.39, 0.29) is 12.7 Å². The highest BCUT2D eigenvalue weighted by Gasteiger charge is 2.24. The summed E-state index contributed by atoms with van der Waals surface area (Å²) in [6, 6.07) is 12.5. The molecular formula is C25H29N3O3. The second kappa shape index (κ2) is 8.63. The van der Waals surface area contributed by atoms with Crippen LogP contribution < -0.4 is 9.47 Å². The van der Waals surface area contributed by atoms with Gasteiger partial charge in [0.1, 0.15) is 0 Å². The molecule has 3 heterocycles. The number of ether oxygens (including phenoxy) is 2. The third kappa shape index (κ3) is 4.26. The van der Waals surface area contributed by atoms with Crippen LogP contribution in [0.1, 0.15) is 23.1 Å². The molecule has 1 N–H and O–H groups in total. The van der Waals surface area contributed by atoms with E-state index in [1.807, 2.05) is 17.0 Å². The third-order valence-electron chi connectivity index (χ3n) is 6.45. The molecule has 0 spiro atoms. The Kier molecular flexibility index (Phi) is 5.55. The van der Waals surface area contributed by atoms with Gasteiger partial charge in [0.05, 0.1) is 6.42 Å². The summed E-state index contributed by atoms with van der Waals surface area (Å²) in [6.07, 6.45) is 5.44. The normalized spacial score (nSPS) is 15.5. The van der Waals surface area contributed by atoms with Gasteiger partial charge in [-0.15, -0.1) is 0 Å². The summed E-state index contributed by atoms with van der Waals surface area (Å²) in [5.74, 6) is 1.77. The van der Waals surface area contributed by atoms with Crippen molar-refractivity contribution in [2.45, 2.75) is 25.7 Å². The number of H-pyrrole nitrogens is 1. The van der Waals surface area contributed by atoms with Crippen molar-refractivity contribution in [3.8, 4) is 11.5 Å². The second-order valence-corrected chi connectivity index (χ2v) is 8.55. The molecule has 0 aliphatic carbocycles. The Labute approximate surface area is 182 Å². The molecule has 0 atom stereocenters. The van der Waals surface area contributed by atoms with Gasteiger partial charge in [0.15, 0.2) is 11.5 Å². The lowest BCUT2D eigenvalue weighted by molar-refractivity contribution is -0.130. The van der Waals surface area contributed by atoms with Crippen LogP contribution in [0.5, 0.6) is 11.5 Å². The number of benzene rings is 2. The maximum Gasteiger partial charge on any atom is 0.231 e. The second-order valence-electron chi connectivity index (χ2n) is 8.55. The van der Waals surface area contributed by atoms with Crippen LogP contribution in [0, 0.1) is 0 Å². The minimum Gasteiger partial charge on any atom is -0.454 e. The zero-order chi connectivity index (χ0) is 21.2. The first-order valence-corrected chi connectivity index (χ1v) is 11.1. The number of hydrogen-bond donors (Lipinski definition) is 1. The van der Waals surface area contributed by atoms with Crippen molar-refractivity contribution in [2.75, 3.05) is 40.0 Å². The summed E-state index contributed by atoms with van der Waals surface area (Å²) in [7, 11) is 2.16. The Morgan fingerprint density at radius 2 is 1.90 bits per heavy atom. The van der Waals surface area contributed by atoms with E-state index in [2.05, 4.69) is 47.4 Å². The number of carbonyl (C=O) groups excluding carboxylic acids is 1. The van der Waals surface area contributed by atoms with Crippen molar-refractivity contribution < 1.29 is 14.3 Å². The molecule has 1 amide bonds. The van der Waals surface area contributed by atoms with Crippen LogP contribution in [-0.2, 0) is 24.1 Å². The standard InChI is InChI=1S/C25H29N3O3/c1-27(11-7-19-16-26-22-6-3-2-5-21(19)22)9-4-10-28-12-8-18-13-23-24(31-17-30-23)14-20(18)15-25(28)29/h2-3,5-6,13-14,16,26H,4,7-12,15,17H2,1H3. The molecule has 2 aliphatic rings. The van der Waals surface area contributed by atoms with Crippen LogP contribution in [0.4, 0.5) is 0 Å². The van der Waals surface area contributed by atoms with E-state index in [1.54, 1.807) is 0 Å². The van der Waals surface area contributed by atoms with E-state index in [4.69, 9.17) is 9.47 Å². The van der Waals surface area contributed by atoms with Gasteiger partial charge in [-0.05, 0) is 67.7 Å². The van der Waals surface area contributed by atoms with E-state index in [1.165, 1.54) is 22.0 Å². The van der Waals surface area contributed by atoms with Gasteiger partial charge in [-0.25, -0.2) is 0 Å². The number of rotatable bonds is 7. The molecule has 0 radical (unpaired) electrons. The largest absolute Gasteiger partial charge is 0.454 e. The Bertz CT molecular complexity index is 1090. The third-order valence-corrected chi connectivity index (χ3v) is 6.45. The molecule has 1 aromatic heterocycles. The van der Waals surface area contributed by atoms with Crippen molar-refractivity contribution in [1.29, 1.82) is 0 Å². The van der Waals surface area contributed by atoms with Gasteiger partial charge < -0.3 is 24.3 Å². The van der Waals surface area contributed by atoms with Gasteiger partial charge in [-0.3, -0.25) is 4.79 Å². The first kappa shape index (κ1) is 19.9. The smallest absolute Gasteiger partial charge is 0.231 e. The predicted octanol–water partition coefficient (Wildman–Crippen LogP) is 3.39. The fourth-order valence-electron chi connectivity index (χ4n) is 4.61. The maximum atomic E-state index is 12.8. The topological polar surface area (TPSA) is 57.8 Å². The van der Waals surface area contributed by atoms with E-state index < -0.39 is 0 Å². The van der Waals surface area contributed by atoms with Crippen LogP contribution in [0.25, 0.3) is 10.9 Å². The van der Waals surface area contributed by atoms with Gasteiger partial charge in [-0.2, -0.15) is 0 Å². The molecule has 31 heavy (non-hydrogen) atoms. The molecule has 6 nitrogen and oxygen atoms in total. The highest BCUT2D eigenvalue weighted by molar-refractivity contribution is 5.83. The lowest BCUT2D eigenvalue weighted by Crippen LogP contribution is -2.35. The molecule has 3 aromatic rings. The Morgan fingerprint density at radius 3 is 2.77 bits per heavy atom. The summed E-state index contributed by atoms with van der Waals surface area (Å²) in [5, 5.41) is 1.31. The van der Waals surface area contributed by atoms with E-state index in [0.29, 0.717) is 6.42 Å². The summed E-state index contributed by atoms with van der Waals surface area (Å²) < 4.78 is 11.0. The zero-order valence-corrected chi connectivity index (χ0v) is 18.0. The van der Waals surface area contributed by atoms with Gasteiger partial charge >= 0.3 is 0 Å². The molecule has 2 aliphatic heterocycles. The summed E-state index contributed by atoms with van der Waals surface area (Å²) in [6.45, 7) is 3.83. The molecule has 6 heteroatoms. The highest BCUT2D eigenvalue weighted by atomic mass is 16.7. The van der Waals surface area contributed by atoms with Crippen molar-refractivity contribution >= 4 is 16.8 Å². The Morgan fingerprint density at radius 1 is 1.10 bits per heavy atom. The maximum absolute atomic E-state index is 12.8. The molecule has 162 valence electrons. The molecule has 5 rings (SSSR count). The van der Waals surface area contributed by atoms with Crippen molar-refractivity contribution in [3.05, 3.63) is 59.3 Å². The van der Waals surface area contributed by atoms with Gasteiger partial charge in [0, 0.05) is 36.7 Å².